The van der Waals surface area contributed by atoms with Gasteiger partial charge in [-0.05, 0) is 25.5 Å². The fourth-order valence-electron chi connectivity index (χ4n) is 3.07. The highest BCUT2D eigenvalue weighted by atomic mass is 32.2. The van der Waals surface area contributed by atoms with Crippen LogP contribution in [-0.4, -0.2) is 40.9 Å². The van der Waals surface area contributed by atoms with Gasteiger partial charge in [0.2, 0.25) is 5.37 Å². The van der Waals surface area contributed by atoms with E-state index in [4.69, 9.17) is 13.8 Å². The molecule has 3 rings (SSSR count). The van der Waals surface area contributed by atoms with Crippen LogP contribution in [0.5, 0.6) is 5.75 Å². The zero-order valence-electron chi connectivity index (χ0n) is 16.5. The van der Waals surface area contributed by atoms with E-state index in [-0.39, 0.29) is 17.3 Å². The minimum absolute atomic E-state index is 0.0415. The number of nitrogens with one attached hydrogen (secondary N) is 2. The Kier molecular flexibility index (Phi) is 6.44. The Bertz CT molecular complexity index is 722. The molecular weight excluding hydrogens is 403 g/mol. The molecule has 0 radical (unpaired) electrons. The zero-order valence-corrected chi connectivity index (χ0v) is 18.2. The summed E-state index contributed by atoms with van der Waals surface area (Å²) in [7, 11) is -1.21. The van der Waals surface area contributed by atoms with E-state index in [1.165, 1.54) is 0 Å². The van der Waals surface area contributed by atoms with Crippen LogP contribution in [0.4, 0.5) is 4.79 Å². The van der Waals surface area contributed by atoms with Crippen LogP contribution < -0.4 is 14.8 Å². The summed E-state index contributed by atoms with van der Waals surface area (Å²) in [6, 6.07) is 5.50. The van der Waals surface area contributed by atoms with Crippen LogP contribution in [0, 0.1) is 5.41 Å². The lowest BCUT2D eigenvalue weighted by Gasteiger charge is -2.34. The Morgan fingerprint density at radius 3 is 2.64 bits per heavy atom. The predicted octanol–water partition coefficient (Wildman–Crippen LogP) is 3.26. The molecule has 1 amide bonds. The van der Waals surface area contributed by atoms with Crippen molar-refractivity contribution in [2.75, 3.05) is 19.5 Å². The van der Waals surface area contributed by atoms with Crippen molar-refractivity contribution in [3.8, 4) is 5.75 Å². The normalized spacial score (nSPS) is 22.8. The van der Waals surface area contributed by atoms with Crippen molar-refractivity contribution in [3.63, 3.8) is 0 Å². The second-order valence-corrected chi connectivity index (χ2v) is 11.2. The average Bonchev–Trinajstić information content (AvgIpc) is 2.92. The molecular formula is C18H27N2O6PS. The van der Waals surface area contributed by atoms with E-state index in [2.05, 4.69) is 23.9 Å². The molecule has 0 bridgehead atoms. The van der Waals surface area contributed by atoms with Gasteiger partial charge in [-0.15, -0.1) is 4.72 Å². The summed E-state index contributed by atoms with van der Waals surface area (Å²) in [4.78, 5) is 11.3. The van der Waals surface area contributed by atoms with Crippen molar-refractivity contribution in [3.05, 3.63) is 29.3 Å². The van der Waals surface area contributed by atoms with Gasteiger partial charge in [0.15, 0.2) is 8.38 Å². The van der Waals surface area contributed by atoms with Crippen LogP contribution in [0.3, 0.4) is 0 Å². The van der Waals surface area contributed by atoms with E-state index >= 15 is 0 Å². The number of ether oxygens (including phenoxy) is 1. The van der Waals surface area contributed by atoms with Gasteiger partial charge in [-0.25, -0.2) is 4.79 Å². The highest BCUT2D eigenvalue weighted by molar-refractivity contribution is 7.90. The van der Waals surface area contributed by atoms with Gasteiger partial charge in [0, 0.05) is 11.8 Å². The molecule has 1 aromatic carbocycles. The average molecular weight is 430 g/mol. The standard InChI is InChI=1S/C18H27N2O6PS/c1-17(2)9-24-27(25-10-17)11-19-28(23)15(20-16(21)22)13-7-5-6-12-8-18(3,4)26-14(12)13/h5-7,15,19-20H,8-11H2,1-4H3,(H,21,22). The maximum atomic E-state index is 12.9. The summed E-state index contributed by atoms with van der Waals surface area (Å²) in [6.45, 7) is 9.17. The van der Waals surface area contributed by atoms with E-state index in [1.54, 1.807) is 6.07 Å². The number of amides is 1. The van der Waals surface area contributed by atoms with Crippen LogP contribution in [-0.2, 0) is 26.8 Å². The molecule has 2 unspecified atom stereocenters. The molecule has 0 spiro atoms. The molecule has 10 heteroatoms. The van der Waals surface area contributed by atoms with Crippen molar-refractivity contribution in [2.24, 2.45) is 5.41 Å². The number of hydrogen-bond donors (Lipinski definition) is 3. The molecule has 3 N–H and O–H groups in total. The molecule has 2 atom stereocenters. The Morgan fingerprint density at radius 1 is 1.32 bits per heavy atom. The first-order chi connectivity index (χ1) is 13.1. The van der Waals surface area contributed by atoms with Gasteiger partial charge in [-0.1, -0.05) is 26.0 Å². The van der Waals surface area contributed by atoms with Gasteiger partial charge in [0.25, 0.3) is 0 Å². The number of rotatable bonds is 6. The van der Waals surface area contributed by atoms with Gasteiger partial charge >= 0.3 is 6.09 Å². The van der Waals surface area contributed by atoms with Gasteiger partial charge in [0.1, 0.15) is 17.6 Å². The summed E-state index contributed by atoms with van der Waals surface area (Å²) in [5.41, 5.74) is 1.10. The minimum atomic E-state index is -1.73. The van der Waals surface area contributed by atoms with Gasteiger partial charge in [-0.2, -0.15) is 0 Å². The lowest BCUT2D eigenvalue weighted by atomic mass is 9.97. The Hall–Kier alpha value is -1.09. The van der Waals surface area contributed by atoms with Crippen LogP contribution in [0.15, 0.2) is 18.2 Å². The largest absolute Gasteiger partial charge is 0.596 e. The summed E-state index contributed by atoms with van der Waals surface area (Å²) < 4.78 is 33.2. The molecule has 0 aromatic heterocycles. The molecule has 0 aliphatic carbocycles. The molecule has 2 heterocycles. The summed E-state index contributed by atoms with van der Waals surface area (Å²) in [5, 5.41) is 10.6. The monoisotopic (exact) mass is 430 g/mol. The van der Waals surface area contributed by atoms with Crippen LogP contribution in [0.1, 0.15) is 44.2 Å². The number of hydrogen-bond acceptors (Lipinski definition) is 6. The van der Waals surface area contributed by atoms with Crippen molar-refractivity contribution in [1.82, 2.24) is 10.0 Å². The van der Waals surface area contributed by atoms with Crippen molar-refractivity contribution in [2.45, 2.75) is 45.1 Å². The first-order valence-corrected chi connectivity index (χ1v) is 11.6. The molecule has 1 saturated heterocycles. The van der Waals surface area contributed by atoms with Crippen molar-refractivity contribution >= 4 is 25.8 Å². The fraction of sp³-hybridized carbons (Fsp3) is 0.611. The molecule has 1 aromatic rings. The lowest BCUT2D eigenvalue weighted by Crippen LogP contribution is -2.40. The number of carboxylic acid groups (broad SMARTS) is 1. The van der Waals surface area contributed by atoms with E-state index < -0.39 is 31.2 Å². The fourth-order valence-corrected chi connectivity index (χ4v) is 6.03. The Balaban J connectivity index is 1.71. The lowest BCUT2D eigenvalue weighted by molar-refractivity contribution is 0.0616. The van der Waals surface area contributed by atoms with E-state index in [0.29, 0.717) is 30.9 Å². The molecule has 156 valence electrons. The predicted molar refractivity (Wildman–Crippen MR) is 108 cm³/mol. The maximum absolute atomic E-state index is 12.9. The number of fused-ring (bicyclic) bond motifs is 1. The van der Waals surface area contributed by atoms with Crippen molar-refractivity contribution in [1.29, 1.82) is 0 Å². The highest BCUT2D eigenvalue weighted by Gasteiger charge is 2.38. The van der Waals surface area contributed by atoms with Crippen LogP contribution in [0.2, 0.25) is 0 Å². The second-order valence-electron chi connectivity index (χ2n) is 8.35. The molecule has 0 saturated carbocycles. The molecule has 2 aliphatic heterocycles. The first-order valence-electron chi connectivity index (χ1n) is 9.04. The van der Waals surface area contributed by atoms with E-state index in [1.807, 2.05) is 26.0 Å². The highest BCUT2D eigenvalue weighted by Crippen LogP contribution is 2.45. The second kappa shape index (κ2) is 8.34. The third-order valence-corrected chi connectivity index (χ3v) is 7.10. The minimum Gasteiger partial charge on any atom is -0.596 e. The van der Waals surface area contributed by atoms with Crippen molar-refractivity contribution < 1.29 is 28.2 Å². The zero-order chi connectivity index (χ0) is 20.5. The SMILES string of the molecule is CC1(C)COP(CN[S+]([O-])C(NC(=O)O)c2cccc3c2OC(C)(C)C3)OC1. The smallest absolute Gasteiger partial charge is 0.408 e. The van der Waals surface area contributed by atoms with Crippen LogP contribution >= 0.6 is 8.38 Å². The third-order valence-electron chi connectivity index (χ3n) is 4.41. The van der Waals surface area contributed by atoms with Gasteiger partial charge in [0.05, 0.1) is 30.1 Å². The number of benzene rings is 1. The van der Waals surface area contributed by atoms with E-state index in [9.17, 15) is 14.5 Å². The van der Waals surface area contributed by atoms with E-state index in [0.717, 1.165) is 5.56 Å². The summed E-state index contributed by atoms with van der Waals surface area (Å²) >= 11 is -1.73. The molecule has 2 aliphatic rings. The quantitative estimate of drug-likeness (QED) is 0.469. The molecule has 8 nitrogen and oxygen atoms in total. The topological polar surface area (TPSA) is 112 Å². The number of para-hydroxylation sites is 1. The van der Waals surface area contributed by atoms with Crippen LogP contribution in [0.25, 0.3) is 0 Å². The summed E-state index contributed by atoms with van der Waals surface area (Å²) in [5.74, 6) is 0.596. The molecule has 1 fully saturated rings. The maximum Gasteiger partial charge on any atom is 0.408 e. The van der Waals surface area contributed by atoms with Gasteiger partial charge < -0.3 is 23.4 Å². The van der Waals surface area contributed by atoms with Gasteiger partial charge in [-0.3, -0.25) is 5.32 Å². The Morgan fingerprint density at radius 2 is 2.00 bits per heavy atom. The first kappa shape index (κ1) is 21.6. The number of carbonyl (C=O) groups is 1. The third kappa shape index (κ3) is 5.28. The molecule has 28 heavy (non-hydrogen) atoms. The summed E-state index contributed by atoms with van der Waals surface area (Å²) in [6.07, 6.45) is -0.302. The Labute approximate surface area is 169 Å².